The first kappa shape index (κ1) is 10.9. The molecule has 1 N–H and O–H groups in total. The summed E-state index contributed by atoms with van der Waals surface area (Å²) in [5.74, 6) is 4.03. The van der Waals surface area contributed by atoms with Crippen LogP contribution in [0.5, 0.6) is 0 Å². The van der Waals surface area contributed by atoms with Crippen molar-refractivity contribution in [2.45, 2.75) is 19.3 Å². The number of thioether (sulfide) groups is 1. The van der Waals surface area contributed by atoms with Gasteiger partial charge in [0.25, 0.3) is 5.56 Å². The Morgan fingerprint density at radius 3 is 3.06 bits per heavy atom. The average Bonchev–Trinajstić information content (AvgIpc) is 2.75. The predicted octanol–water partition coefficient (Wildman–Crippen LogP) is 1.71. The van der Waals surface area contributed by atoms with Gasteiger partial charge in [-0.3, -0.25) is 9.89 Å². The van der Waals surface area contributed by atoms with Crippen molar-refractivity contribution >= 4 is 17.4 Å². The Balaban J connectivity index is 1.92. The van der Waals surface area contributed by atoms with E-state index in [1.54, 1.807) is 16.5 Å². The number of rotatable bonds is 2. The lowest BCUT2D eigenvalue weighted by Gasteiger charge is -2.20. The van der Waals surface area contributed by atoms with E-state index in [1.165, 1.54) is 24.3 Å². The SMILES string of the molecule is O=c1cccc2[nH]nc(CC3CCSCC3)n12. The van der Waals surface area contributed by atoms with Gasteiger partial charge in [0.1, 0.15) is 11.5 Å². The lowest BCUT2D eigenvalue weighted by Crippen LogP contribution is -2.18. The number of aromatic nitrogens is 3. The highest BCUT2D eigenvalue weighted by molar-refractivity contribution is 7.99. The molecule has 0 bridgehead atoms. The molecule has 1 aliphatic rings. The van der Waals surface area contributed by atoms with Crippen molar-refractivity contribution in [1.29, 1.82) is 0 Å². The first-order chi connectivity index (χ1) is 8.34. The third kappa shape index (κ3) is 2.11. The summed E-state index contributed by atoms with van der Waals surface area (Å²) in [6.45, 7) is 0. The molecule has 1 fully saturated rings. The van der Waals surface area contributed by atoms with Crippen LogP contribution in [-0.2, 0) is 6.42 Å². The monoisotopic (exact) mass is 249 g/mol. The molecule has 0 aromatic carbocycles. The molecule has 90 valence electrons. The molecular formula is C12H15N3OS. The fourth-order valence-corrected chi connectivity index (χ4v) is 3.56. The third-order valence-corrected chi connectivity index (χ3v) is 4.37. The Morgan fingerprint density at radius 2 is 2.24 bits per heavy atom. The zero-order valence-electron chi connectivity index (χ0n) is 9.56. The molecule has 0 atom stereocenters. The Morgan fingerprint density at radius 1 is 1.41 bits per heavy atom. The van der Waals surface area contributed by atoms with E-state index in [4.69, 9.17) is 0 Å². The maximum Gasteiger partial charge on any atom is 0.257 e. The number of hydrogen-bond acceptors (Lipinski definition) is 3. The molecule has 0 amide bonds. The largest absolute Gasteiger partial charge is 0.269 e. The molecule has 5 heteroatoms. The van der Waals surface area contributed by atoms with Crippen LogP contribution in [0.15, 0.2) is 23.0 Å². The van der Waals surface area contributed by atoms with Gasteiger partial charge < -0.3 is 0 Å². The second-order valence-corrected chi connectivity index (χ2v) is 5.71. The highest BCUT2D eigenvalue weighted by Gasteiger charge is 2.17. The summed E-state index contributed by atoms with van der Waals surface area (Å²) >= 11 is 2.02. The van der Waals surface area contributed by atoms with Gasteiger partial charge >= 0.3 is 0 Å². The molecular weight excluding hydrogens is 234 g/mol. The summed E-state index contributed by atoms with van der Waals surface area (Å²) in [7, 11) is 0. The molecule has 0 spiro atoms. The number of pyridine rings is 1. The second kappa shape index (κ2) is 4.56. The molecule has 3 heterocycles. The van der Waals surface area contributed by atoms with E-state index in [1.807, 2.05) is 17.8 Å². The number of H-pyrrole nitrogens is 1. The van der Waals surface area contributed by atoms with E-state index in [-0.39, 0.29) is 5.56 Å². The number of nitrogens with one attached hydrogen (secondary N) is 1. The van der Waals surface area contributed by atoms with Crippen molar-refractivity contribution in [3.63, 3.8) is 0 Å². The standard InChI is InChI=1S/C12H15N3OS/c16-12-3-1-2-10-13-14-11(15(10)12)8-9-4-6-17-7-5-9/h1-3,9,13H,4-8H2. The third-order valence-electron chi connectivity index (χ3n) is 3.32. The Kier molecular flexibility index (Phi) is 2.93. The number of fused-ring (bicyclic) bond motifs is 1. The van der Waals surface area contributed by atoms with Crippen LogP contribution < -0.4 is 5.56 Å². The molecule has 0 saturated carbocycles. The van der Waals surface area contributed by atoms with Gasteiger partial charge in [-0.1, -0.05) is 6.07 Å². The van der Waals surface area contributed by atoms with Gasteiger partial charge in [0.05, 0.1) is 0 Å². The molecule has 0 aliphatic carbocycles. The topological polar surface area (TPSA) is 50.2 Å². The van der Waals surface area contributed by atoms with Gasteiger partial charge in [-0.15, -0.1) is 0 Å². The van der Waals surface area contributed by atoms with Crippen LogP contribution >= 0.6 is 11.8 Å². The predicted molar refractivity (Wildman–Crippen MR) is 69.6 cm³/mol. The van der Waals surface area contributed by atoms with Gasteiger partial charge in [0, 0.05) is 12.5 Å². The van der Waals surface area contributed by atoms with E-state index in [0.717, 1.165) is 17.9 Å². The highest BCUT2D eigenvalue weighted by atomic mass is 32.2. The normalized spacial score (nSPS) is 17.6. The number of nitrogens with zero attached hydrogens (tertiary/aromatic N) is 2. The Labute approximate surface area is 103 Å². The van der Waals surface area contributed by atoms with Gasteiger partial charge in [0.15, 0.2) is 0 Å². The Hall–Kier alpha value is -1.23. The van der Waals surface area contributed by atoms with Crippen LogP contribution in [0.2, 0.25) is 0 Å². The molecule has 4 nitrogen and oxygen atoms in total. The first-order valence-corrected chi connectivity index (χ1v) is 7.13. The van der Waals surface area contributed by atoms with Crippen LogP contribution in [0, 0.1) is 5.92 Å². The van der Waals surface area contributed by atoms with E-state index in [0.29, 0.717) is 5.92 Å². The van der Waals surface area contributed by atoms with Crippen molar-refractivity contribution in [3.05, 3.63) is 34.4 Å². The van der Waals surface area contributed by atoms with Crippen LogP contribution in [-0.4, -0.2) is 26.1 Å². The maximum absolute atomic E-state index is 11.8. The quantitative estimate of drug-likeness (QED) is 0.881. The zero-order chi connectivity index (χ0) is 11.7. The minimum atomic E-state index is 0.0106. The summed E-state index contributed by atoms with van der Waals surface area (Å²) in [6, 6.07) is 5.23. The molecule has 2 aromatic rings. The first-order valence-electron chi connectivity index (χ1n) is 5.97. The summed E-state index contributed by atoms with van der Waals surface area (Å²) < 4.78 is 1.70. The lowest BCUT2D eigenvalue weighted by molar-refractivity contribution is 0.473. The molecule has 3 rings (SSSR count). The van der Waals surface area contributed by atoms with Crippen molar-refractivity contribution in [1.82, 2.24) is 14.6 Å². The van der Waals surface area contributed by atoms with Gasteiger partial charge in [-0.25, -0.2) is 4.40 Å². The summed E-state index contributed by atoms with van der Waals surface area (Å²) in [6.07, 6.45) is 3.38. The summed E-state index contributed by atoms with van der Waals surface area (Å²) in [5, 5.41) is 7.21. The van der Waals surface area contributed by atoms with Crippen LogP contribution in [0.4, 0.5) is 0 Å². The minimum Gasteiger partial charge on any atom is -0.269 e. The summed E-state index contributed by atoms with van der Waals surface area (Å²) in [5.41, 5.74) is 0.800. The van der Waals surface area contributed by atoms with Crippen molar-refractivity contribution in [2.24, 2.45) is 5.92 Å². The van der Waals surface area contributed by atoms with Crippen LogP contribution in [0.1, 0.15) is 18.7 Å². The van der Waals surface area contributed by atoms with Crippen LogP contribution in [0.3, 0.4) is 0 Å². The highest BCUT2D eigenvalue weighted by Crippen LogP contribution is 2.25. The Bertz CT molecular complexity index is 568. The van der Waals surface area contributed by atoms with Gasteiger partial charge in [-0.2, -0.15) is 16.9 Å². The van der Waals surface area contributed by atoms with Crippen molar-refractivity contribution < 1.29 is 0 Å². The van der Waals surface area contributed by atoms with Crippen LogP contribution in [0.25, 0.3) is 5.65 Å². The average molecular weight is 249 g/mol. The smallest absolute Gasteiger partial charge is 0.257 e. The molecule has 2 aromatic heterocycles. The molecule has 1 aliphatic heterocycles. The van der Waals surface area contributed by atoms with Gasteiger partial charge in [0.2, 0.25) is 0 Å². The molecule has 0 radical (unpaired) electrons. The number of hydrogen-bond donors (Lipinski definition) is 1. The van der Waals surface area contributed by atoms with Crippen molar-refractivity contribution in [2.75, 3.05) is 11.5 Å². The molecule has 0 unspecified atom stereocenters. The second-order valence-electron chi connectivity index (χ2n) is 4.48. The van der Waals surface area contributed by atoms with Gasteiger partial charge in [-0.05, 0) is 36.3 Å². The van der Waals surface area contributed by atoms with E-state index in [9.17, 15) is 4.79 Å². The fraction of sp³-hybridized carbons (Fsp3) is 0.500. The minimum absolute atomic E-state index is 0.0106. The zero-order valence-corrected chi connectivity index (χ0v) is 10.4. The molecule has 1 saturated heterocycles. The van der Waals surface area contributed by atoms with E-state index < -0.39 is 0 Å². The van der Waals surface area contributed by atoms with Crippen molar-refractivity contribution in [3.8, 4) is 0 Å². The maximum atomic E-state index is 11.8. The lowest BCUT2D eigenvalue weighted by atomic mass is 9.98. The number of aromatic amines is 1. The summed E-state index contributed by atoms with van der Waals surface area (Å²) in [4.78, 5) is 11.8. The molecule has 17 heavy (non-hydrogen) atoms. The van der Waals surface area contributed by atoms with E-state index >= 15 is 0 Å². The fourth-order valence-electron chi connectivity index (χ4n) is 2.36. The van der Waals surface area contributed by atoms with E-state index in [2.05, 4.69) is 10.2 Å².